The summed E-state index contributed by atoms with van der Waals surface area (Å²) in [6.07, 6.45) is 0. The third kappa shape index (κ3) is 2.71. The van der Waals surface area contributed by atoms with Crippen molar-refractivity contribution in [1.82, 2.24) is 15.5 Å². The van der Waals surface area contributed by atoms with Crippen LogP contribution in [0.25, 0.3) is 11.3 Å². The molecule has 0 bridgehead atoms. The van der Waals surface area contributed by atoms with Crippen LogP contribution in [-0.4, -0.2) is 22.1 Å². The summed E-state index contributed by atoms with van der Waals surface area (Å²) in [5, 5.41) is 10.2. The van der Waals surface area contributed by atoms with Crippen molar-refractivity contribution in [1.29, 1.82) is 0 Å². The van der Waals surface area contributed by atoms with E-state index < -0.39 is 0 Å². The molecule has 1 heterocycles. The van der Waals surface area contributed by atoms with E-state index in [1.54, 1.807) is 12.1 Å². The molecule has 1 aromatic heterocycles. The zero-order valence-electron chi connectivity index (χ0n) is 10.2. The second kappa shape index (κ2) is 5.23. The highest BCUT2D eigenvalue weighted by molar-refractivity contribution is 6.33. The Morgan fingerprint density at radius 2 is 2.11 bits per heavy atom. The lowest BCUT2D eigenvalue weighted by Crippen LogP contribution is -2.30. The first-order chi connectivity index (χ1) is 8.58. The van der Waals surface area contributed by atoms with Gasteiger partial charge in [-0.3, -0.25) is 9.89 Å². The van der Waals surface area contributed by atoms with Crippen molar-refractivity contribution in [3.63, 3.8) is 0 Å². The van der Waals surface area contributed by atoms with Gasteiger partial charge in [-0.1, -0.05) is 29.8 Å². The molecule has 0 saturated heterocycles. The number of rotatable bonds is 3. The molecule has 0 saturated carbocycles. The lowest BCUT2D eigenvalue weighted by molar-refractivity contribution is 0.0938. The molecule has 2 aromatic rings. The second-order valence-corrected chi connectivity index (χ2v) is 4.68. The van der Waals surface area contributed by atoms with Crippen molar-refractivity contribution in [2.75, 3.05) is 0 Å². The van der Waals surface area contributed by atoms with Gasteiger partial charge in [0.15, 0.2) is 0 Å². The van der Waals surface area contributed by atoms with Gasteiger partial charge in [0, 0.05) is 11.6 Å². The normalized spacial score (nSPS) is 10.7. The molecule has 1 amide bonds. The molecular weight excluding hydrogens is 250 g/mol. The van der Waals surface area contributed by atoms with E-state index >= 15 is 0 Å². The van der Waals surface area contributed by atoms with Crippen LogP contribution in [0.5, 0.6) is 0 Å². The van der Waals surface area contributed by atoms with Gasteiger partial charge < -0.3 is 5.32 Å². The number of aromatic nitrogens is 2. The van der Waals surface area contributed by atoms with Gasteiger partial charge >= 0.3 is 0 Å². The van der Waals surface area contributed by atoms with Crippen molar-refractivity contribution in [2.24, 2.45) is 0 Å². The number of aromatic amines is 1. The van der Waals surface area contributed by atoms with Gasteiger partial charge in [0.25, 0.3) is 5.91 Å². The lowest BCUT2D eigenvalue weighted by atomic mass is 10.1. The Morgan fingerprint density at radius 1 is 1.39 bits per heavy atom. The van der Waals surface area contributed by atoms with Gasteiger partial charge in [-0.2, -0.15) is 5.10 Å². The number of benzene rings is 1. The summed E-state index contributed by atoms with van der Waals surface area (Å²) in [7, 11) is 0. The summed E-state index contributed by atoms with van der Waals surface area (Å²) < 4.78 is 0. The number of hydrogen-bond donors (Lipinski definition) is 2. The Balaban J connectivity index is 2.26. The Kier molecular flexibility index (Phi) is 3.67. The van der Waals surface area contributed by atoms with E-state index in [4.69, 9.17) is 11.6 Å². The number of amides is 1. The van der Waals surface area contributed by atoms with E-state index in [9.17, 15) is 4.79 Å². The first-order valence-corrected chi connectivity index (χ1v) is 6.07. The van der Waals surface area contributed by atoms with Crippen LogP contribution in [-0.2, 0) is 0 Å². The lowest BCUT2D eigenvalue weighted by Gasteiger charge is -2.05. The van der Waals surface area contributed by atoms with Crippen LogP contribution < -0.4 is 5.32 Å². The maximum atomic E-state index is 11.8. The summed E-state index contributed by atoms with van der Waals surface area (Å²) in [5.74, 6) is -0.171. The van der Waals surface area contributed by atoms with Crippen LogP contribution in [0.2, 0.25) is 5.02 Å². The van der Waals surface area contributed by atoms with Gasteiger partial charge in [0.1, 0.15) is 5.69 Å². The van der Waals surface area contributed by atoms with Crippen LogP contribution >= 0.6 is 11.6 Å². The number of hydrogen-bond acceptors (Lipinski definition) is 2. The van der Waals surface area contributed by atoms with Crippen molar-refractivity contribution in [3.05, 3.63) is 41.0 Å². The minimum absolute atomic E-state index is 0.0876. The van der Waals surface area contributed by atoms with Crippen LogP contribution in [0.4, 0.5) is 0 Å². The summed E-state index contributed by atoms with van der Waals surface area (Å²) in [5.41, 5.74) is 1.90. The molecule has 0 aliphatic rings. The number of carbonyl (C=O) groups excluding carboxylic acids is 1. The molecule has 0 spiro atoms. The maximum absolute atomic E-state index is 11.8. The van der Waals surface area contributed by atoms with Gasteiger partial charge in [-0.15, -0.1) is 0 Å². The summed E-state index contributed by atoms with van der Waals surface area (Å²) >= 11 is 6.08. The summed E-state index contributed by atoms with van der Waals surface area (Å²) in [6.45, 7) is 3.81. The topological polar surface area (TPSA) is 57.8 Å². The number of nitrogens with one attached hydrogen (secondary N) is 2. The van der Waals surface area contributed by atoms with Crippen molar-refractivity contribution in [3.8, 4) is 11.3 Å². The Bertz CT molecular complexity index is 563. The molecule has 5 heteroatoms. The van der Waals surface area contributed by atoms with Crippen molar-refractivity contribution in [2.45, 2.75) is 19.9 Å². The second-order valence-electron chi connectivity index (χ2n) is 4.27. The average molecular weight is 264 g/mol. The molecule has 2 N–H and O–H groups in total. The predicted octanol–water partition coefficient (Wildman–Crippen LogP) is 2.87. The molecule has 0 aliphatic carbocycles. The minimum atomic E-state index is -0.171. The van der Waals surface area contributed by atoms with E-state index in [0.717, 1.165) is 5.56 Å². The first-order valence-electron chi connectivity index (χ1n) is 5.69. The Morgan fingerprint density at radius 3 is 2.78 bits per heavy atom. The van der Waals surface area contributed by atoms with Gasteiger partial charge in [0.05, 0.1) is 10.7 Å². The molecule has 4 nitrogen and oxygen atoms in total. The Labute approximate surface area is 110 Å². The monoisotopic (exact) mass is 263 g/mol. The smallest absolute Gasteiger partial charge is 0.269 e. The zero-order chi connectivity index (χ0) is 13.1. The highest BCUT2D eigenvalue weighted by atomic mass is 35.5. The fourth-order valence-electron chi connectivity index (χ4n) is 1.58. The quantitative estimate of drug-likeness (QED) is 0.895. The van der Waals surface area contributed by atoms with Crippen LogP contribution in [0, 0.1) is 0 Å². The Hall–Kier alpha value is -1.81. The van der Waals surface area contributed by atoms with Crippen molar-refractivity contribution < 1.29 is 4.79 Å². The number of H-pyrrole nitrogens is 1. The third-order valence-electron chi connectivity index (χ3n) is 2.39. The van der Waals surface area contributed by atoms with Gasteiger partial charge in [-0.05, 0) is 26.0 Å². The molecule has 0 radical (unpaired) electrons. The molecule has 0 aliphatic heterocycles. The summed E-state index contributed by atoms with van der Waals surface area (Å²) in [4.78, 5) is 11.8. The fraction of sp³-hybridized carbons (Fsp3) is 0.231. The van der Waals surface area contributed by atoms with E-state index in [1.807, 2.05) is 32.0 Å². The molecule has 1 aromatic carbocycles. The van der Waals surface area contributed by atoms with Crippen LogP contribution in [0.3, 0.4) is 0 Å². The van der Waals surface area contributed by atoms with Gasteiger partial charge in [-0.25, -0.2) is 0 Å². The van der Waals surface area contributed by atoms with Crippen LogP contribution in [0.1, 0.15) is 24.3 Å². The molecule has 0 unspecified atom stereocenters. The van der Waals surface area contributed by atoms with E-state index in [0.29, 0.717) is 16.4 Å². The minimum Gasteiger partial charge on any atom is -0.349 e. The molecule has 0 atom stereocenters. The van der Waals surface area contributed by atoms with E-state index in [1.165, 1.54) is 0 Å². The molecule has 0 fully saturated rings. The zero-order valence-corrected chi connectivity index (χ0v) is 11.0. The molecular formula is C13H14ClN3O. The van der Waals surface area contributed by atoms with Crippen LogP contribution in [0.15, 0.2) is 30.3 Å². The number of nitrogens with zero attached hydrogens (tertiary/aromatic N) is 1. The standard InChI is InChI=1S/C13H14ClN3O/c1-8(2)15-13(18)12-7-11(16-17-12)9-5-3-4-6-10(9)14/h3-8H,1-2H3,(H,15,18)(H,16,17). The summed E-state index contributed by atoms with van der Waals surface area (Å²) in [6, 6.07) is 9.17. The fourth-order valence-corrected chi connectivity index (χ4v) is 1.82. The number of carbonyl (C=O) groups is 1. The van der Waals surface area contributed by atoms with Crippen molar-refractivity contribution >= 4 is 17.5 Å². The third-order valence-corrected chi connectivity index (χ3v) is 2.72. The highest BCUT2D eigenvalue weighted by Crippen LogP contribution is 2.26. The highest BCUT2D eigenvalue weighted by Gasteiger charge is 2.12. The predicted molar refractivity (Wildman–Crippen MR) is 71.6 cm³/mol. The largest absolute Gasteiger partial charge is 0.349 e. The molecule has 18 heavy (non-hydrogen) atoms. The molecule has 94 valence electrons. The average Bonchev–Trinajstić information content (AvgIpc) is 2.78. The maximum Gasteiger partial charge on any atom is 0.269 e. The molecule has 2 rings (SSSR count). The first kappa shape index (κ1) is 12.6. The van der Waals surface area contributed by atoms with E-state index in [-0.39, 0.29) is 11.9 Å². The van der Waals surface area contributed by atoms with Gasteiger partial charge in [0.2, 0.25) is 0 Å². The number of halogens is 1. The van der Waals surface area contributed by atoms with E-state index in [2.05, 4.69) is 15.5 Å². The SMILES string of the molecule is CC(C)NC(=O)c1cc(-c2ccccc2Cl)n[nH]1.